The van der Waals surface area contributed by atoms with Crippen LogP contribution < -0.4 is 5.32 Å². The normalized spacial score (nSPS) is 12.6. The second-order valence-electron chi connectivity index (χ2n) is 5.15. The summed E-state index contributed by atoms with van der Waals surface area (Å²) in [6, 6.07) is 11.0. The summed E-state index contributed by atoms with van der Waals surface area (Å²) in [5.41, 5.74) is 4.03. The van der Waals surface area contributed by atoms with Crippen LogP contribution in [0.15, 0.2) is 41.0 Å². The van der Waals surface area contributed by atoms with E-state index in [0.29, 0.717) is 6.04 Å². The molecule has 0 aliphatic rings. The molecule has 2 heteroatoms. The second kappa shape index (κ2) is 6.58. The molecule has 19 heavy (non-hydrogen) atoms. The standard InChI is InChI=1S/C17H23NO/c1-4-9-18-17(12-15-6-5-10-19-15)16-11-13(2)7-8-14(16)3/h5-8,10-11,17-18H,4,9,12H2,1-3H3. The third-order valence-electron chi connectivity index (χ3n) is 3.44. The van der Waals surface area contributed by atoms with E-state index in [4.69, 9.17) is 4.42 Å². The Balaban J connectivity index is 2.23. The smallest absolute Gasteiger partial charge is 0.105 e. The Bertz CT molecular complexity index is 502. The zero-order valence-electron chi connectivity index (χ0n) is 12.1. The Morgan fingerprint density at radius 2 is 2.05 bits per heavy atom. The highest BCUT2D eigenvalue weighted by atomic mass is 16.3. The van der Waals surface area contributed by atoms with Gasteiger partial charge in [0.05, 0.1) is 6.26 Å². The minimum Gasteiger partial charge on any atom is -0.469 e. The van der Waals surface area contributed by atoms with E-state index in [0.717, 1.165) is 25.1 Å². The van der Waals surface area contributed by atoms with E-state index in [9.17, 15) is 0 Å². The van der Waals surface area contributed by atoms with Crippen LogP contribution in [0.3, 0.4) is 0 Å². The van der Waals surface area contributed by atoms with Crippen molar-refractivity contribution in [1.29, 1.82) is 0 Å². The minimum absolute atomic E-state index is 0.325. The van der Waals surface area contributed by atoms with Crippen LogP contribution in [0.2, 0.25) is 0 Å². The molecule has 0 fully saturated rings. The quantitative estimate of drug-likeness (QED) is 0.839. The molecule has 2 rings (SSSR count). The molecule has 1 heterocycles. The first-order valence-electron chi connectivity index (χ1n) is 7.03. The fourth-order valence-electron chi connectivity index (χ4n) is 2.38. The highest BCUT2D eigenvalue weighted by molar-refractivity contribution is 5.33. The number of rotatable bonds is 6. The molecule has 0 aliphatic carbocycles. The maximum Gasteiger partial charge on any atom is 0.105 e. The predicted molar refractivity (Wildman–Crippen MR) is 79.4 cm³/mol. The Labute approximate surface area is 115 Å². The molecule has 0 radical (unpaired) electrons. The number of hydrogen-bond donors (Lipinski definition) is 1. The lowest BCUT2D eigenvalue weighted by atomic mass is 9.96. The van der Waals surface area contributed by atoms with Crippen molar-refractivity contribution in [3.8, 4) is 0 Å². The monoisotopic (exact) mass is 257 g/mol. The molecule has 0 aliphatic heterocycles. The van der Waals surface area contributed by atoms with Gasteiger partial charge >= 0.3 is 0 Å². The van der Waals surface area contributed by atoms with Crippen LogP contribution in [0.4, 0.5) is 0 Å². The molecule has 0 spiro atoms. The maximum atomic E-state index is 5.50. The van der Waals surface area contributed by atoms with Gasteiger partial charge in [-0.05, 0) is 50.1 Å². The summed E-state index contributed by atoms with van der Waals surface area (Å²) in [5, 5.41) is 3.63. The summed E-state index contributed by atoms with van der Waals surface area (Å²) < 4.78 is 5.50. The Kier molecular flexibility index (Phi) is 4.80. The molecule has 0 bridgehead atoms. The van der Waals surface area contributed by atoms with Gasteiger partial charge < -0.3 is 9.73 Å². The van der Waals surface area contributed by atoms with Gasteiger partial charge in [-0.15, -0.1) is 0 Å². The highest BCUT2D eigenvalue weighted by Crippen LogP contribution is 2.23. The van der Waals surface area contributed by atoms with Crippen molar-refractivity contribution in [2.45, 2.75) is 39.7 Å². The van der Waals surface area contributed by atoms with Gasteiger partial charge in [-0.2, -0.15) is 0 Å². The Morgan fingerprint density at radius 1 is 1.21 bits per heavy atom. The van der Waals surface area contributed by atoms with E-state index in [1.54, 1.807) is 6.26 Å². The summed E-state index contributed by atoms with van der Waals surface area (Å²) in [5.74, 6) is 1.04. The first-order valence-corrected chi connectivity index (χ1v) is 7.03. The summed E-state index contributed by atoms with van der Waals surface area (Å²) in [6.07, 6.45) is 3.78. The number of furan rings is 1. The third kappa shape index (κ3) is 3.71. The molecule has 102 valence electrons. The van der Waals surface area contributed by atoms with Crippen molar-refractivity contribution in [3.05, 3.63) is 59.0 Å². The lowest BCUT2D eigenvalue weighted by molar-refractivity contribution is 0.448. The second-order valence-corrected chi connectivity index (χ2v) is 5.15. The molecule has 1 atom stereocenters. The lowest BCUT2D eigenvalue weighted by Crippen LogP contribution is -2.24. The van der Waals surface area contributed by atoms with Crippen LogP contribution >= 0.6 is 0 Å². The molecule has 1 aromatic heterocycles. The Morgan fingerprint density at radius 3 is 2.74 bits per heavy atom. The number of nitrogens with one attached hydrogen (secondary N) is 1. The number of benzene rings is 1. The van der Waals surface area contributed by atoms with Crippen LogP contribution in [-0.2, 0) is 6.42 Å². The largest absolute Gasteiger partial charge is 0.469 e. The van der Waals surface area contributed by atoms with Gasteiger partial charge in [0.2, 0.25) is 0 Å². The SMILES string of the molecule is CCCNC(Cc1ccco1)c1cc(C)ccc1C. The zero-order chi connectivity index (χ0) is 13.7. The number of aryl methyl sites for hydroxylation is 2. The topological polar surface area (TPSA) is 25.2 Å². The van der Waals surface area contributed by atoms with Crippen LogP contribution in [0, 0.1) is 13.8 Å². The number of hydrogen-bond acceptors (Lipinski definition) is 2. The van der Waals surface area contributed by atoms with Crippen molar-refractivity contribution in [2.75, 3.05) is 6.54 Å². The minimum atomic E-state index is 0.325. The molecule has 1 N–H and O–H groups in total. The summed E-state index contributed by atoms with van der Waals surface area (Å²) >= 11 is 0. The van der Waals surface area contributed by atoms with Crippen LogP contribution in [0.1, 0.15) is 41.8 Å². The van der Waals surface area contributed by atoms with Crippen molar-refractivity contribution < 1.29 is 4.42 Å². The molecule has 0 amide bonds. The first-order chi connectivity index (χ1) is 9.20. The van der Waals surface area contributed by atoms with Gasteiger partial charge in [0.25, 0.3) is 0 Å². The van der Waals surface area contributed by atoms with E-state index in [1.807, 2.05) is 12.1 Å². The van der Waals surface area contributed by atoms with E-state index in [1.165, 1.54) is 16.7 Å². The van der Waals surface area contributed by atoms with Crippen molar-refractivity contribution in [3.63, 3.8) is 0 Å². The molecule has 1 unspecified atom stereocenters. The molecule has 0 saturated heterocycles. The molecule has 0 saturated carbocycles. The molecular weight excluding hydrogens is 234 g/mol. The van der Waals surface area contributed by atoms with Crippen LogP contribution in [0.5, 0.6) is 0 Å². The fourth-order valence-corrected chi connectivity index (χ4v) is 2.38. The highest BCUT2D eigenvalue weighted by Gasteiger charge is 2.15. The molecule has 2 aromatic rings. The first kappa shape index (κ1) is 13.9. The van der Waals surface area contributed by atoms with Gasteiger partial charge in [0.1, 0.15) is 5.76 Å². The van der Waals surface area contributed by atoms with E-state index in [2.05, 4.69) is 44.3 Å². The zero-order valence-corrected chi connectivity index (χ0v) is 12.1. The van der Waals surface area contributed by atoms with Gasteiger partial charge in [0, 0.05) is 12.5 Å². The van der Waals surface area contributed by atoms with Crippen LogP contribution in [0.25, 0.3) is 0 Å². The summed E-state index contributed by atoms with van der Waals surface area (Å²) in [6.45, 7) is 7.54. The van der Waals surface area contributed by atoms with Crippen molar-refractivity contribution in [2.24, 2.45) is 0 Å². The van der Waals surface area contributed by atoms with Crippen LogP contribution in [-0.4, -0.2) is 6.54 Å². The van der Waals surface area contributed by atoms with E-state index >= 15 is 0 Å². The molecule has 1 aromatic carbocycles. The van der Waals surface area contributed by atoms with Gasteiger partial charge in [-0.1, -0.05) is 30.7 Å². The maximum absolute atomic E-state index is 5.50. The van der Waals surface area contributed by atoms with Crippen molar-refractivity contribution in [1.82, 2.24) is 5.32 Å². The fraction of sp³-hybridized carbons (Fsp3) is 0.412. The van der Waals surface area contributed by atoms with Gasteiger partial charge in [-0.25, -0.2) is 0 Å². The molecular formula is C17H23NO. The predicted octanol–water partition coefficient (Wildman–Crippen LogP) is 4.18. The van der Waals surface area contributed by atoms with E-state index < -0.39 is 0 Å². The summed E-state index contributed by atoms with van der Waals surface area (Å²) in [4.78, 5) is 0. The van der Waals surface area contributed by atoms with Gasteiger partial charge in [0.15, 0.2) is 0 Å². The average Bonchev–Trinajstić information content (AvgIpc) is 2.90. The summed E-state index contributed by atoms with van der Waals surface area (Å²) in [7, 11) is 0. The lowest BCUT2D eigenvalue weighted by Gasteiger charge is -2.20. The van der Waals surface area contributed by atoms with E-state index in [-0.39, 0.29) is 0 Å². The van der Waals surface area contributed by atoms with Gasteiger partial charge in [-0.3, -0.25) is 0 Å². The molecule has 2 nitrogen and oxygen atoms in total. The Hall–Kier alpha value is -1.54. The van der Waals surface area contributed by atoms with Crippen molar-refractivity contribution >= 4 is 0 Å². The average molecular weight is 257 g/mol. The third-order valence-corrected chi connectivity index (χ3v) is 3.44.